The van der Waals surface area contributed by atoms with Crippen molar-refractivity contribution in [2.45, 2.75) is 4.21 Å². The normalized spacial score (nSPS) is 12.2. The molecule has 4 heterocycles. The fourth-order valence-corrected chi connectivity index (χ4v) is 5.24. The number of H-pyrrole nitrogens is 1. The lowest BCUT2D eigenvalue weighted by Gasteiger charge is -2.04. The SMILES string of the molecule is CNC(=O)c1ccc(-c2cnc3[nH]cc(-c4cnn(S(=O)c5cccs5)c4)c3c2)cc1. The number of benzene rings is 1. The van der Waals surface area contributed by atoms with Crippen molar-refractivity contribution < 1.29 is 9.00 Å². The largest absolute Gasteiger partial charge is 0.355 e. The molecule has 4 aromatic heterocycles. The summed E-state index contributed by atoms with van der Waals surface area (Å²) in [4.78, 5) is 19.5. The van der Waals surface area contributed by atoms with Crippen molar-refractivity contribution >= 4 is 39.3 Å². The molecule has 0 bridgehead atoms. The third kappa shape index (κ3) is 3.58. The number of aromatic nitrogens is 4. The van der Waals surface area contributed by atoms with Crippen LogP contribution in [0.25, 0.3) is 33.3 Å². The van der Waals surface area contributed by atoms with Crippen LogP contribution in [0.5, 0.6) is 0 Å². The first-order valence-corrected chi connectivity index (χ1v) is 11.4. The van der Waals surface area contributed by atoms with E-state index < -0.39 is 11.0 Å². The average Bonchev–Trinajstić information content (AvgIpc) is 3.58. The zero-order chi connectivity index (χ0) is 21.4. The molecule has 31 heavy (non-hydrogen) atoms. The zero-order valence-electron chi connectivity index (χ0n) is 16.4. The van der Waals surface area contributed by atoms with E-state index in [2.05, 4.69) is 26.4 Å². The zero-order valence-corrected chi connectivity index (χ0v) is 18.0. The van der Waals surface area contributed by atoms with Crippen molar-refractivity contribution in [3.8, 4) is 22.3 Å². The first kappa shape index (κ1) is 19.4. The van der Waals surface area contributed by atoms with Crippen LogP contribution in [-0.4, -0.2) is 36.3 Å². The van der Waals surface area contributed by atoms with Crippen LogP contribution in [0, 0.1) is 0 Å². The summed E-state index contributed by atoms with van der Waals surface area (Å²) in [5, 5.41) is 9.76. The van der Waals surface area contributed by atoms with Gasteiger partial charge in [-0.1, -0.05) is 18.2 Å². The van der Waals surface area contributed by atoms with Gasteiger partial charge in [-0.25, -0.2) is 9.19 Å². The number of nitrogens with zero attached hydrogens (tertiary/aromatic N) is 3. The van der Waals surface area contributed by atoms with Gasteiger partial charge in [0.25, 0.3) is 5.91 Å². The van der Waals surface area contributed by atoms with Crippen LogP contribution in [0.3, 0.4) is 0 Å². The summed E-state index contributed by atoms with van der Waals surface area (Å²) in [5.74, 6) is -0.120. The number of carbonyl (C=O) groups excluding carboxylic acids is 1. The number of hydrogen-bond donors (Lipinski definition) is 2. The van der Waals surface area contributed by atoms with E-state index in [1.165, 1.54) is 15.4 Å². The standard InChI is InChI=1S/C22H17N5O2S2/c1-23-22(28)15-6-4-14(5-7-15)16-9-18-19(12-25-21(18)24-10-16)17-11-26-27(13-17)31(29)20-3-2-8-30-20/h2-13H,1H3,(H,23,28)(H,24,25). The second-order valence-electron chi connectivity index (χ2n) is 6.79. The van der Waals surface area contributed by atoms with Gasteiger partial charge < -0.3 is 10.3 Å². The maximum Gasteiger partial charge on any atom is 0.251 e. The molecule has 0 aliphatic rings. The van der Waals surface area contributed by atoms with Gasteiger partial charge in [0, 0.05) is 53.3 Å². The lowest BCUT2D eigenvalue weighted by molar-refractivity contribution is 0.0963. The Morgan fingerprint density at radius 1 is 1.13 bits per heavy atom. The van der Waals surface area contributed by atoms with Crippen molar-refractivity contribution in [2.75, 3.05) is 7.05 Å². The van der Waals surface area contributed by atoms with Gasteiger partial charge in [0.05, 0.1) is 6.20 Å². The molecule has 0 fully saturated rings. The molecule has 5 rings (SSSR count). The van der Waals surface area contributed by atoms with Crippen molar-refractivity contribution in [3.05, 3.63) is 78.2 Å². The fraction of sp³-hybridized carbons (Fsp3) is 0.0455. The van der Waals surface area contributed by atoms with Gasteiger partial charge in [-0.15, -0.1) is 11.3 Å². The number of amides is 1. The third-order valence-corrected chi connectivity index (χ3v) is 7.34. The van der Waals surface area contributed by atoms with Crippen LogP contribution in [0.2, 0.25) is 0 Å². The van der Waals surface area contributed by atoms with E-state index in [0.29, 0.717) is 5.56 Å². The van der Waals surface area contributed by atoms with Crippen LogP contribution in [0.4, 0.5) is 0 Å². The summed E-state index contributed by atoms with van der Waals surface area (Å²) in [6.07, 6.45) is 7.17. The molecule has 5 aromatic rings. The minimum Gasteiger partial charge on any atom is -0.355 e. The highest BCUT2D eigenvalue weighted by Gasteiger charge is 2.14. The second-order valence-corrected chi connectivity index (χ2v) is 9.31. The number of pyridine rings is 1. The number of carbonyl (C=O) groups is 1. The molecule has 154 valence electrons. The van der Waals surface area contributed by atoms with Gasteiger partial charge >= 0.3 is 0 Å². The number of nitrogens with one attached hydrogen (secondary N) is 2. The van der Waals surface area contributed by atoms with Crippen LogP contribution >= 0.6 is 11.3 Å². The molecule has 1 unspecified atom stereocenters. The number of rotatable bonds is 5. The van der Waals surface area contributed by atoms with Crippen molar-refractivity contribution in [2.24, 2.45) is 0 Å². The molecule has 1 aromatic carbocycles. The Morgan fingerprint density at radius 3 is 2.71 bits per heavy atom. The number of aromatic amines is 1. The van der Waals surface area contributed by atoms with E-state index in [1.54, 1.807) is 37.8 Å². The molecule has 7 nitrogen and oxygen atoms in total. The van der Waals surface area contributed by atoms with E-state index >= 15 is 0 Å². The first-order chi connectivity index (χ1) is 15.1. The maximum absolute atomic E-state index is 12.7. The van der Waals surface area contributed by atoms with Gasteiger partial charge in [0.2, 0.25) is 0 Å². The molecule has 2 N–H and O–H groups in total. The molecule has 0 saturated carbocycles. The summed E-state index contributed by atoms with van der Waals surface area (Å²) in [7, 11) is 0.245. The van der Waals surface area contributed by atoms with Crippen molar-refractivity contribution in [1.29, 1.82) is 0 Å². The van der Waals surface area contributed by atoms with E-state index in [9.17, 15) is 9.00 Å². The molecule has 0 saturated heterocycles. The average molecular weight is 448 g/mol. The molecule has 0 aliphatic heterocycles. The summed E-state index contributed by atoms with van der Waals surface area (Å²) >= 11 is 1.44. The van der Waals surface area contributed by atoms with Gasteiger partial charge in [-0.05, 0) is 35.2 Å². The van der Waals surface area contributed by atoms with E-state index in [-0.39, 0.29) is 5.91 Å². The molecule has 0 aliphatic carbocycles. The van der Waals surface area contributed by atoms with Gasteiger partial charge in [0.1, 0.15) is 9.86 Å². The molecule has 9 heteroatoms. The highest BCUT2D eigenvalue weighted by atomic mass is 32.2. The van der Waals surface area contributed by atoms with Crippen LogP contribution < -0.4 is 5.32 Å². The predicted octanol–water partition coefficient (Wildman–Crippen LogP) is 4.09. The minimum atomic E-state index is -1.37. The van der Waals surface area contributed by atoms with Crippen LogP contribution in [-0.2, 0) is 11.0 Å². The van der Waals surface area contributed by atoms with Gasteiger partial charge in [-0.3, -0.25) is 4.79 Å². The molecular formula is C22H17N5O2S2. The monoisotopic (exact) mass is 447 g/mol. The highest BCUT2D eigenvalue weighted by Crippen LogP contribution is 2.31. The van der Waals surface area contributed by atoms with Gasteiger partial charge in [-0.2, -0.15) is 9.19 Å². The molecule has 0 radical (unpaired) electrons. The summed E-state index contributed by atoms with van der Waals surface area (Å²) in [6, 6.07) is 13.1. The van der Waals surface area contributed by atoms with E-state index in [1.807, 2.05) is 35.8 Å². The Bertz CT molecular complexity index is 1400. The van der Waals surface area contributed by atoms with Crippen LogP contribution in [0.15, 0.2) is 76.8 Å². The van der Waals surface area contributed by atoms with Crippen LogP contribution in [0.1, 0.15) is 10.4 Å². The Balaban J connectivity index is 1.50. The molecule has 1 atom stereocenters. The molecule has 0 spiro atoms. The Hall–Kier alpha value is -3.56. The quantitative estimate of drug-likeness (QED) is 0.425. The summed E-state index contributed by atoms with van der Waals surface area (Å²) < 4.78 is 14.9. The Kier molecular flexibility index (Phi) is 4.97. The van der Waals surface area contributed by atoms with E-state index in [0.717, 1.165) is 37.5 Å². The second kappa shape index (κ2) is 7.93. The molecular weight excluding hydrogens is 430 g/mol. The smallest absolute Gasteiger partial charge is 0.251 e. The van der Waals surface area contributed by atoms with Crippen molar-refractivity contribution in [1.82, 2.24) is 24.5 Å². The van der Waals surface area contributed by atoms with Gasteiger partial charge in [0.15, 0.2) is 11.0 Å². The minimum absolute atomic E-state index is 0.120. The van der Waals surface area contributed by atoms with Crippen molar-refractivity contribution in [3.63, 3.8) is 0 Å². The topological polar surface area (TPSA) is 92.7 Å². The number of fused-ring (bicyclic) bond motifs is 1. The summed E-state index contributed by atoms with van der Waals surface area (Å²) in [6.45, 7) is 0. The maximum atomic E-state index is 12.7. The Morgan fingerprint density at radius 2 is 1.97 bits per heavy atom. The molecule has 1 amide bonds. The predicted molar refractivity (Wildman–Crippen MR) is 122 cm³/mol. The fourth-order valence-electron chi connectivity index (χ4n) is 3.35. The lowest BCUT2D eigenvalue weighted by Crippen LogP contribution is -2.17. The summed E-state index contributed by atoms with van der Waals surface area (Å²) in [5.41, 5.74) is 5.04. The Labute approximate surface area is 184 Å². The highest BCUT2D eigenvalue weighted by molar-refractivity contribution is 7.85. The van der Waals surface area contributed by atoms with E-state index in [4.69, 9.17) is 0 Å². The lowest BCUT2D eigenvalue weighted by atomic mass is 10.0. The number of hydrogen-bond acceptors (Lipinski definition) is 5. The first-order valence-electron chi connectivity index (χ1n) is 9.44. The number of thiophene rings is 1. The third-order valence-electron chi connectivity index (χ3n) is 4.95.